The van der Waals surface area contributed by atoms with Gasteiger partial charge in [0.05, 0.1) is 30.3 Å². The molecule has 0 saturated carbocycles. The SMILES string of the molecule is Cc1nn(CCC#N)c(C)c1[C@H]1C=C[C@@H](OC(=O)Nc2cccc(C(F)(F)F)c2)C1. The van der Waals surface area contributed by atoms with Crippen molar-refractivity contribution >= 4 is 11.8 Å². The van der Waals surface area contributed by atoms with E-state index in [4.69, 9.17) is 10.00 Å². The van der Waals surface area contributed by atoms with Crippen LogP contribution >= 0.6 is 0 Å². The van der Waals surface area contributed by atoms with Crippen LogP contribution in [0.15, 0.2) is 36.4 Å². The van der Waals surface area contributed by atoms with E-state index in [0.717, 1.165) is 29.1 Å². The highest BCUT2D eigenvalue weighted by atomic mass is 19.4. The molecule has 1 amide bonds. The van der Waals surface area contributed by atoms with Crippen molar-refractivity contribution in [2.75, 3.05) is 5.32 Å². The Morgan fingerprint density at radius 1 is 1.37 bits per heavy atom. The van der Waals surface area contributed by atoms with E-state index in [1.165, 1.54) is 12.1 Å². The Morgan fingerprint density at radius 3 is 2.83 bits per heavy atom. The van der Waals surface area contributed by atoms with E-state index in [-0.39, 0.29) is 11.6 Å². The molecule has 0 bridgehead atoms. The average molecular weight is 418 g/mol. The Morgan fingerprint density at radius 2 is 2.13 bits per heavy atom. The number of rotatable bonds is 5. The summed E-state index contributed by atoms with van der Waals surface area (Å²) in [6.45, 7) is 4.35. The summed E-state index contributed by atoms with van der Waals surface area (Å²) in [5.74, 6) is 0.00666. The van der Waals surface area contributed by atoms with Gasteiger partial charge in [0.1, 0.15) is 6.10 Å². The molecule has 1 aromatic carbocycles. The molecule has 1 heterocycles. The van der Waals surface area contributed by atoms with E-state index in [9.17, 15) is 18.0 Å². The Labute approximate surface area is 171 Å². The van der Waals surface area contributed by atoms with E-state index >= 15 is 0 Å². The second-order valence-electron chi connectivity index (χ2n) is 7.09. The first-order valence-corrected chi connectivity index (χ1v) is 9.43. The molecule has 1 aliphatic carbocycles. The summed E-state index contributed by atoms with van der Waals surface area (Å²) in [4.78, 5) is 12.1. The standard InChI is InChI=1S/C21H21F3N4O2/c1-13-19(14(2)28(27-13)10-4-9-25)15-7-8-18(11-15)30-20(29)26-17-6-3-5-16(12-17)21(22,23)24/h3,5-8,12,15,18H,4,10-11H2,1-2H3,(H,26,29)/t15-,18+/m0/s1. The lowest BCUT2D eigenvalue weighted by Gasteiger charge is -2.15. The van der Waals surface area contributed by atoms with Crippen molar-refractivity contribution in [1.29, 1.82) is 5.26 Å². The van der Waals surface area contributed by atoms with Crippen LogP contribution in [0, 0.1) is 25.2 Å². The summed E-state index contributed by atoms with van der Waals surface area (Å²) in [6.07, 6.45) is -1.22. The largest absolute Gasteiger partial charge is 0.442 e. The number of hydrogen-bond acceptors (Lipinski definition) is 4. The number of halogens is 3. The fourth-order valence-corrected chi connectivity index (χ4v) is 3.65. The zero-order valence-corrected chi connectivity index (χ0v) is 16.5. The fourth-order valence-electron chi connectivity index (χ4n) is 3.65. The summed E-state index contributed by atoms with van der Waals surface area (Å²) in [7, 11) is 0. The van der Waals surface area contributed by atoms with Crippen LogP contribution in [0.3, 0.4) is 0 Å². The molecule has 0 saturated heterocycles. The van der Waals surface area contributed by atoms with Crippen molar-refractivity contribution in [1.82, 2.24) is 9.78 Å². The van der Waals surface area contributed by atoms with Gasteiger partial charge in [0.15, 0.2) is 0 Å². The molecule has 30 heavy (non-hydrogen) atoms. The van der Waals surface area contributed by atoms with Gasteiger partial charge >= 0.3 is 12.3 Å². The molecule has 2 atom stereocenters. The third-order valence-electron chi connectivity index (χ3n) is 4.98. The van der Waals surface area contributed by atoms with Crippen LogP contribution in [0.4, 0.5) is 23.7 Å². The van der Waals surface area contributed by atoms with Gasteiger partial charge in [-0.25, -0.2) is 4.79 Å². The maximum Gasteiger partial charge on any atom is 0.416 e. The van der Waals surface area contributed by atoms with Crippen LogP contribution < -0.4 is 5.32 Å². The van der Waals surface area contributed by atoms with Gasteiger partial charge in [-0.3, -0.25) is 10.00 Å². The maximum absolute atomic E-state index is 12.8. The molecule has 1 N–H and O–H groups in total. The van der Waals surface area contributed by atoms with Gasteiger partial charge in [-0.1, -0.05) is 12.1 Å². The highest BCUT2D eigenvalue weighted by Crippen LogP contribution is 2.34. The second kappa shape index (κ2) is 8.61. The summed E-state index contributed by atoms with van der Waals surface area (Å²) in [6, 6.07) is 6.48. The Bertz CT molecular complexity index is 1000. The summed E-state index contributed by atoms with van der Waals surface area (Å²) in [5.41, 5.74) is 2.02. The topological polar surface area (TPSA) is 79.9 Å². The molecular weight excluding hydrogens is 397 g/mol. The van der Waals surface area contributed by atoms with Crippen molar-refractivity contribution in [3.05, 3.63) is 58.9 Å². The number of allylic oxidation sites excluding steroid dienone is 1. The number of aryl methyl sites for hydroxylation is 2. The van der Waals surface area contributed by atoms with Crippen molar-refractivity contribution in [2.24, 2.45) is 0 Å². The molecule has 3 rings (SSSR count). The number of benzene rings is 1. The number of carbonyl (C=O) groups excluding carboxylic acids is 1. The van der Waals surface area contributed by atoms with Crippen LogP contribution in [-0.2, 0) is 17.5 Å². The minimum atomic E-state index is -4.49. The molecule has 1 aliphatic rings. The van der Waals surface area contributed by atoms with Crippen LogP contribution in [0.5, 0.6) is 0 Å². The summed E-state index contributed by atoms with van der Waals surface area (Å²) < 4.78 is 45.5. The van der Waals surface area contributed by atoms with Gasteiger partial charge in [0.25, 0.3) is 0 Å². The number of anilines is 1. The van der Waals surface area contributed by atoms with E-state index in [2.05, 4.69) is 16.5 Å². The number of alkyl halides is 3. The van der Waals surface area contributed by atoms with E-state index < -0.39 is 23.9 Å². The third-order valence-corrected chi connectivity index (χ3v) is 4.98. The molecular formula is C21H21F3N4O2. The van der Waals surface area contributed by atoms with Crippen LogP contribution in [-0.4, -0.2) is 22.0 Å². The molecule has 1 aromatic heterocycles. The Balaban J connectivity index is 1.61. The molecule has 2 aromatic rings. The maximum atomic E-state index is 12.8. The van der Waals surface area contributed by atoms with Crippen LogP contribution in [0.25, 0.3) is 0 Å². The first-order chi connectivity index (χ1) is 14.2. The predicted molar refractivity (Wildman–Crippen MR) is 104 cm³/mol. The zero-order valence-electron chi connectivity index (χ0n) is 16.5. The van der Waals surface area contributed by atoms with Crippen LogP contribution in [0.1, 0.15) is 41.3 Å². The number of nitrogens with one attached hydrogen (secondary N) is 1. The second-order valence-corrected chi connectivity index (χ2v) is 7.09. The van der Waals surface area contributed by atoms with E-state index in [1.807, 2.05) is 19.9 Å². The van der Waals surface area contributed by atoms with Crippen molar-refractivity contribution in [2.45, 2.75) is 51.4 Å². The van der Waals surface area contributed by atoms with Crippen molar-refractivity contribution in [3.8, 4) is 6.07 Å². The predicted octanol–water partition coefficient (Wildman–Crippen LogP) is 5.09. The number of nitriles is 1. The lowest BCUT2D eigenvalue weighted by Crippen LogP contribution is -2.20. The zero-order chi connectivity index (χ0) is 21.9. The minimum absolute atomic E-state index is 0.00666. The molecule has 158 valence electrons. The highest BCUT2D eigenvalue weighted by molar-refractivity contribution is 5.85. The molecule has 9 heteroatoms. The van der Waals surface area contributed by atoms with Crippen LogP contribution in [0.2, 0.25) is 0 Å². The van der Waals surface area contributed by atoms with Gasteiger partial charge in [-0.2, -0.15) is 23.5 Å². The fraction of sp³-hybridized carbons (Fsp3) is 0.381. The highest BCUT2D eigenvalue weighted by Gasteiger charge is 2.31. The van der Waals surface area contributed by atoms with Gasteiger partial charge in [0, 0.05) is 22.9 Å². The van der Waals surface area contributed by atoms with E-state index in [0.29, 0.717) is 19.4 Å². The Hall–Kier alpha value is -3.28. The number of carbonyl (C=O) groups is 1. The molecule has 0 fully saturated rings. The van der Waals surface area contributed by atoms with Gasteiger partial charge in [-0.05, 0) is 44.5 Å². The number of nitrogens with zero attached hydrogens (tertiary/aromatic N) is 3. The molecule has 0 spiro atoms. The van der Waals surface area contributed by atoms with Gasteiger partial charge in [0.2, 0.25) is 0 Å². The normalized spacial score (nSPS) is 18.3. The first-order valence-electron chi connectivity index (χ1n) is 9.43. The Kier molecular flexibility index (Phi) is 6.15. The molecule has 0 unspecified atom stereocenters. The minimum Gasteiger partial charge on any atom is -0.442 e. The quantitative estimate of drug-likeness (QED) is 0.686. The number of amides is 1. The van der Waals surface area contributed by atoms with Gasteiger partial charge < -0.3 is 4.74 Å². The third kappa shape index (κ3) is 4.82. The lowest BCUT2D eigenvalue weighted by atomic mass is 9.96. The molecule has 0 aliphatic heterocycles. The lowest BCUT2D eigenvalue weighted by molar-refractivity contribution is -0.137. The molecule has 6 nitrogen and oxygen atoms in total. The molecule has 0 radical (unpaired) electrons. The average Bonchev–Trinajstić information content (AvgIpc) is 3.23. The van der Waals surface area contributed by atoms with E-state index in [1.54, 1.807) is 10.8 Å². The first kappa shape index (κ1) is 21.4. The van der Waals surface area contributed by atoms with Crippen molar-refractivity contribution in [3.63, 3.8) is 0 Å². The van der Waals surface area contributed by atoms with Gasteiger partial charge in [-0.15, -0.1) is 0 Å². The summed E-state index contributed by atoms with van der Waals surface area (Å²) >= 11 is 0. The number of ether oxygens (including phenoxy) is 1. The number of hydrogen-bond donors (Lipinski definition) is 1. The monoisotopic (exact) mass is 418 g/mol. The number of aromatic nitrogens is 2. The smallest absolute Gasteiger partial charge is 0.416 e. The van der Waals surface area contributed by atoms with Crippen molar-refractivity contribution < 1.29 is 22.7 Å². The summed E-state index contributed by atoms with van der Waals surface area (Å²) in [5, 5.41) is 15.6.